The first-order valence-corrected chi connectivity index (χ1v) is 8.11. The highest BCUT2D eigenvalue weighted by Gasteiger charge is 2.25. The van der Waals surface area contributed by atoms with Crippen molar-refractivity contribution in [1.29, 1.82) is 0 Å². The third kappa shape index (κ3) is 3.61. The van der Waals surface area contributed by atoms with Crippen LogP contribution in [0.25, 0.3) is 0 Å². The lowest BCUT2D eigenvalue weighted by Crippen LogP contribution is -2.32. The summed E-state index contributed by atoms with van der Waals surface area (Å²) >= 11 is 0. The molecule has 2 N–H and O–H groups in total. The fourth-order valence-electron chi connectivity index (χ4n) is 2.75. The van der Waals surface area contributed by atoms with E-state index in [-0.39, 0.29) is 23.8 Å². The van der Waals surface area contributed by atoms with E-state index in [1.54, 1.807) is 28.9 Å². The molecule has 2 amide bonds. The summed E-state index contributed by atoms with van der Waals surface area (Å²) in [5, 5.41) is 9.88. The highest BCUT2D eigenvalue weighted by atomic mass is 16.2. The fourth-order valence-corrected chi connectivity index (χ4v) is 2.75. The van der Waals surface area contributed by atoms with E-state index in [1.807, 2.05) is 13.8 Å². The molecule has 3 rings (SSSR count). The molecular formula is C17H21N5O2. The van der Waals surface area contributed by atoms with Crippen LogP contribution in [0.2, 0.25) is 0 Å². The molecule has 1 unspecified atom stereocenters. The Morgan fingerprint density at radius 2 is 2.00 bits per heavy atom. The highest BCUT2D eigenvalue weighted by molar-refractivity contribution is 5.96. The van der Waals surface area contributed by atoms with Crippen LogP contribution in [0.15, 0.2) is 30.6 Å². The maximum Gasteiger partial charge on any atom is 0.251 e. The summed E-state index contributed by atoms with van der Waals surface area (Å²) in [5.41, 5.74) is 1.26. The van der Waals surface area contributed by atoms with Crippen molar-refractivity contribution >= 4 is 17.5 Å². The monoisotopic (exact) mass is 327 g/mol. The standard InChI is InChI=1S/C17H21N5O2/c1-11(2)20-16(23)12-3-6-14(7-4-12)21-17(24)13-5-8-15-18-10-19-22(15)9-13/h3-4,6-7,10-11,13H,5,8-9H2,1-2H3,(H,20,23)(H,21,24). The number of carbonyl (C=O) groups excluding carboxylic acids is 2. The molecule has 0 aliphatic carbocycles. The van der Waals surface area contributed by atoms with Crippen molar-refractivity contribution in [3.63, 3.8) is 0 Å². The molecule has 2 aromatic rings. The summed E-state index contributed by atoms with van der Waals surface area (Å²) in [6.07, 6.45) is 3.04. The first kappa shape index (κ1) is 16.2. The van der Waals surface area contributed by atoms with Gasteiger partial charge in [0.05, 0.1) is 12.5 Å². The Balaban J connectivity index is 1.60. The zero-order valence-electron chi connectivity index (χ0n) is 13.8. The predicted molar refractivity (Wildman–Crippen MR) is 89.5 cm³/mol. The molecule has 24 heavy (non-hydrogen) atoms. The number of hydrogen-bond donors (Lipinski definition) is 2. The number of carbonyl (C=O) groups is 2. The summed E-state index contributed by atoms with van der Waals surface area (Å²) in [6.45, 7) is 4.38. The number of rotatable bonds is 4. The number of benzene rings is 1. The van der Waals surface area contributed by atoms with E-state index in [2.05, 4.69) is 20.7 Å². The quantitative estimate of drug-likeness (QED) is 0.893. The summed E-state index contributed by atoms with van der Waals surface area (Å²) in [6, 6.07) is 7.01. The van der Waals surface area contributed by atoms with Crippen molar-refractivity contribution in [3.05, 3.63) is 42.0 Å². The molecule has 0 bridgehead atoms. The van der Waals surface area contributed by atoms with E-state index in [0.29, 0.717) is 17.8 Å². The van der Waals surface area contributed by atoms with Gasteiger partial charge >= 0.3 is 0 Å². The first-order chi connectivity index (χ1) is 11.5. The van der Waals surface area contributed by atoms with Crippen LogP contribution < -0.4 is 10.6 Å². The summed E-state index contributed by atoms with van der Waals surface area (Å²) in [7, 11) is 0. The number of hydrogen-bond acceptors (Lipinski definition) is 4. The lowest BCUT2D eigenvalue weighted by Gasteiger charge is -2.21. The van der Waals surface area contributed by atoms with Gasteiger partial charge in [0.1, 0.15) is 12.2 Å². The molecule has 1 aromatic carbocycles. The Morgan fingerprint density at radius 3 is 2.71 bits per heavy atom. The van der Waals surface area contributed by atoms with Crippen molar-refractivity contribution < 1.29 is 9.59 Å². The summed E-state index contributed by atoms with van der Waals surface area (Å²) < 4.78 is 1.78. The van der Waals surface area contributed by atoms with Gasteiger partial charge in [-0.25, -0.2) is 9.67 Å². The number of nitrogens with zero attached hydrogens (tertiary/aromatic N) is 3. The van der Waals surface area contributed by atoms with E-state index >= 15 is 0 Å². The molecule has 1 aliphatic heterocycles. The van der Waals surface area contributed by atoms with E-state index in [0.717, 1.165) is 18.7 Å². The van der Waals surface area contributed by atoms with Gasteiger partial charge in [-0.05, 0) is 44.5 Å². The number of fused-ring (bicyclic) bond motifs is 1. The van der Waals surface area contributed by atoms with Crippen LogP contribution >= 0.6 is 0 Å². The average molecular weight is 327 g/mol. The van der Waals surface area contributed by atoms with Crippen LogP contribution in [0.3, 0.4) is 0 Å². The third-order valence-electron chi connectivity index (χ3n) is 4.01. The second kappa shape index (κ2) is 6.82. The van der Waals surface area contributed by atoms with Crippen LogP contribution in [0.1, 0.15) is 36.5 Å². The molecule has 0 fully saturated rings. The zero-order valence-corrected chi connectivity index (χ0v) is 13.8. The maximum atomic E-state index is 12.4. The van der Waals surface area contributed by atoms with Gasteiger partial charge < -0.3 is 10.6 Å². The van der Waals surface area contributed by atoms with Gasteiger partial charge in [-0.15, -0.1) is 0 Å². The van der Waals surface area contributed by atoms with Crippen molar-refractivity contribution in [2.45, 2.75) is 39.3 Å². The van der Waals surface area contributed by atoms with Crippen molar-refractivity contribution in [3.8, 4) is 0 Å². The molecule has 7 nitrogen and oxygen atoms in total. The van der Waals surface area contributed by atoms with Crippen LogP contribution in [0, 0.1) is 5.92 Å². The average Bonchev–Trinajstić information content (AvgIpc) is 3.02. The smallest absolute Gasteiger partial charge is 0.251 e. The topological polar surface area (TPSA) is 88.9 Å². The third-order valence-corrected chi connectivity index (χ3v) is 4.01. The Labute approximate surface area is 140 Å². The van der Waals surface area contributed by atoms with Gasteiger partial charge in [-0.1, -0.05) is 0 Å². The minimum atomic E-state index is -0.122. The second-order valence-corrected chi connectivity index (χ2v) is 6.29. The Morgan fingerprint density at radius 1 is 1.25 bits per heavy atom. The molecule has 1 aliphatic rings. The summed E-state index contributed by atoms with van der Waals surface area (Å²) in [5.74, 6) is 0.659. The molecular weight excluding hydrogens is 306 g/mol. The molecule has 1 aromatic heterocycles. The highest BCUT2D eigenvalue weighted by Crippen LogP contribution is 2.20. The largest absolute Gasteiger partial charge is 0.350 e. The number of amides is 2. The molecule has 0 saturated heterocycles. The van der Waals surface area contributed by atoms with Gasteiger partial charge in [0, 0.05) is 23.7 Å². The maximum absolute atomic E-state index is 12.4. The second-order valence-electron chi connectivity index (χ2n) is 6.29. The summed E-state index contributed by atoms with van der Waals surface area (Å²) in [4.78, 5) is 28.5. The minimum absolute atomic E-state index is 0.0319. The Hall–Kier alpha value is -2.70. The SMILES string of the molecule is CC(C)NC(=O)c1ccc(NC(=O)C2CCc3ncnn3C2)cc1. The molecule has 126 valence electrons. The van der Waals surface area contributed by atoms with Gasteiger partial charge in [-0.3, -0.25) is 9.59 Å². The number of anilines is 1. The minimum Gasteiger partial charge on any atom is -0.350 e. The number of nitrogens with one attached hydrogen (secondary N) is 2. The zero-order chi connectivity index (χ0) is 17.1. The normalized spacial score (nSPS) is 16.5. The van der Waals surface area contributed by atoms with Crippen LogP contribution in [0.5, 0.6) is 0 Å². The van der Waals surface area contributed by atoms with Crippen molar-refractivity contribution in [2.24, 2.45) is 5.92 Å². The molecule has 0 saturated carbocycles. The van der Waals surface area contributed by atoms with E-state index in [9.17, 15) is 9.59 Å². The van der Waals surface area contributed by atoms with Crippen LogP contribution in [-0.2, 0) is 17.8 Å². The van der Waals surface area contributed by atoms with Crippen LogP contribution in [0.4, 0.5) is 5.69 Å². The molecule has 1 atom stereocenters. The van der Waals surface area contributed by atoms with Crippen LogP contribution in [-0.4, -0.2) is 32.6 Å². The molecule has 2 heterocycles. The molecule has 7 heteroatoms. The van der Waals surface area contributed by atoms with E-state index in [1.165, 1.54) is 6.33 Å². The van der Waals surface area contributed by atoms with Gasteiger partial charge in [-0.2, -0.15) is 5.10 Å². The molecule has 0 spiro atoms. The number of aromatic nitrogens is 3. The van der Waals surface area contributed by atoms with E-state index < -0.39 is 0 Å². The fraction of sp³-hybridized carbons (Fsp3) is 0.412. The molecule has 0 radical (unpaired) electrons. The van der Waals surface area contributed by atoms with Gasteiger partial charge in [0.2, 0.25) is 5.91 Å². The van der Waals surface area contributed by atoms with Crippen molar-refractivity contribution in [1.82, 2.24) is 20.1 Å². The first-order valence-electron chi connectivity index (χ1n) is 8.11. The van der Waals surface area contributed by atoms with Gasteiger partial charge in [0.25, 0.3) is 5.91 Å². The Bertz CT molecular complexity index is 736. The van der Waals surface area contributed by atoms with Crippen molar-refractivity contribution in [2.75, 3.05) is 5.32 Å². The lowest BCUT2D eigenvalue weighted by molar-refractivity contribution is -0.120. The lowest BCUT2D eigenvalue weighted by atomic mass is 9.98. The predicted octanol–water partition coefficient (Wildman–Crippen LogP) is 1.62. The van der Waals surface area contributed by atoms with Gasteiger partial charge in [0.15, 0.2) is 0 Å². The Kier molecular flexibility index (Phi) is 4.59. The van der Waals surface area contributed by atoms with E-state index in [4.69, 9.17) is 0 Å². The number of aryl methyl sites for hydroxylation is 1.